The Kier molecular flexibility index (Phi) is 7.49. The number of carbonyl (C=O) groups is 2. The molecule has 0 bridgehead atoms. The first kappa shape index (κ1) is 24.0. The number of ether oxygens (including phenoxy) is 3. The Hall–Kier alpha value is -3.66. The summed E-state index contributed by atoms with van der Waals surface area (Å²) in [4.78, 5) is 36.9. The highest BCUT2D eigenvalue weighted by molar-refractivity contribution is 9.10. The number of hydrogen-bond donors (Lipinski definition) is 0. The van der Waals surface area contributed by atoms with Crippen molar-refractivity contribution in [2.75, 3.05) is 19.1 Å². The lowest BCUT2D eigenvalue weighted by Gasteiger charge is -2.24. The molecule has 0 N–H and O–H groups in total. The molecule has 0 fully saturated rings. The van der Waals surface area contributed by atoms with Gasteiger partial charge in [-0.2, -0.15) is 0 Å². The molecule has 9 nitrogen and oxygen atoms in total. The maximum absolute atomic E-state index is 13.1. The number of esters is 1. The normalized spacial score (nSPS) is 11.5. The van der Waals surface area contributed by atoms with Crippen molar-refractivity contribution in [2.24, 2.45) is 0 Å². The molecule has 0 aromatic heterocycles. The summed E-state index contributed by atoms with van der Waals surface area (Å²) in [5.41, 5.74) is 0.986. The van der Waals surface area contributed by atoms with E-state index >= 15 is 0 Å². The highest BCUT2D eigenvalue weighted by Crippen LogP contribution is 2.33. The van der Waals surface area contributed by atoms with Crippen LogP contribution in [0.2, 0.25) is 0 Å². The number of rotatable bonds is 7. The van der Waals surface area contributed by atoms with E-state index in [9.17, 15) is 19.7 Å². The van der Waals surface area contributed by atoms with Crippen molar-refractivity contribution in [3.63, 3.8) is 0 Å². The number of fused-ring (bicyclic) bond motifs is 1. The fraction of sp³-hybridized carbons (Fsp3) is 0.217. The van der Waals surface area contributed by atoms with E-state index in [4.69, 9.17) is 14.2 Å². The predicted octanol–water partition coefficient (Wildman–Crippen LogP) is 4.32. The van der Waals surface area contributed by atoms with Crippen LogP contribution in [0.4, 0.5) is 5.69 Å². The van der Waals surface area contributed by atoms with Crippen LogP contribution in [0.25, 0.3) is 10.8 Å². The van der Waals surface area contributed by atoms with E-state index in [2.05, 4.69) is 15.9 Å². The van der Waals surface area contributed by atoms with E-state index in [1.165, 1.54) is 19.1 Å². The van der Waals surface area contributed by atoms with Crippen molar-refractivity contribution in [1.82, 2.24) is 0 Å². The Morgan fingerprint density at radius 1 is 1.09 bits per heavy atom. The molecule has 0 saturated carbocycles. The fourth-order valence-corrected chi connectivity index (χ4v) is 3.79. The van der Waals surface area contributed by atoms with Gasteiger partial charge < -0.3 is 14.2 Å². The first-order valence-electron chi connectivity index (χ1n) is 9.80. The van der Waals surface area contributed by atoms with Gasteiger partial charge in [0.25, 0.3) is 0 Å². The van der Waals surface area contributed by atoms with Crippen LogP contribution in [0.3, 0.4) is 0 Å². The van der Waals surface area contributed by atoms with Crippen molar-refractivity contribution < 1.29 is 28.7 Å². The molecule has 1 amide bonds. The summed E-state index contributed by atoms with van der Waals surface area (Å²) in [6.45, 7) is 1.02. The molecule has 1 unspecified atom stereocenters. The molecular formula is C23H21BrN2O7. The molecule has 0 aliphatic carbocycles. The van der Waals surface area contributed by atoms with Gasteiger partial charge in [0.05, 0.1) is 25.7 Å². The number of nitro groups is 1. The minimum atomic E-state index is -1.66. The number of anilines is 1. The quantitative estimate of drug-likeness (QED) is 0.151. The zero-order valence-electron chi connectivity index (χ0n) is 18.1. The maximum Gasteiger partial charge on any atom is 0.402 e. The van der Waals surface area contributed by atoms with E-state index in [-0.39, 0.29) is 6.54 Å². The molecule has 3 aromatic carbocycles. The van der Waals surface area contributed by atoms with Crippen molar-refractivity contribution in [3.8, 4) is 11.5 Å². The molecule has 0 spiro atoms. The molecule has 33 heavy (non-hydrogen) atoms. The Labute approximate surface area is 198 Å². The van der Waals surface area contributed by atoms with Crippen molar-refractivity contribution in [2.45, 2.75) is 19.7 Å². The van der Waals surface area contributed by atoms with Gasteiger partial charge in [-0.15, -0.1) is 0 Å². The molecule has 3 rings (SSSR count). The van der Waals surface area contributed by atoms with Gasteiger partial charge in [0.2, 0.25) is 0 Å². The standard InChI is InChI=1S/C23H21BrN2O7/c1-14(26(29)30)33-23(28)22(27)25(13-16-8-9-18(31-2)12-21(16)32-3)17-10-15-6-4-5-7-19(15)20(24)11-17/h4-12,14H,13H2,1-3H3. The van der Waals surface area contributed by atoms with Gasteiger partial charge >= 0.3 is 18.1 Å². The predicted molar refractivity (Wildman–Crippen MR) is 125 cm³/mol. The van der Waals surface area contributed by atoms with Gasteiger partial charge in [-0.1, -0.05) is 40.2 Å². The molecular weight excluding hydrogens is 496 g/mol. The number of benzene rings is 3. The average molecular weight is 517 g/mol. The van der Waals surface area contributed by atoms with Crippen LogP contribution in [0, 0.1) is 10.1 Å². The number of amides is 1. The molecule has 1 atom stereocenters. The number of methoxy groups -OCH3 is 2. The third-order valence-electron chi connectivity index (χ3n) is 4.92. The van der Waals surface area contributed by atoms with Gasteiger partial charge in [-0.3, -0.25) is 19.8 Å². The summed E-state index contributed by atoms with van der Waals surface area (Å²) in [7, 11) is 2.99. The van der Waals surface area contributed by atoms with Crippen LogP contribution in [-0.4, -0.2) is 37.2 Å². The molecule has 10 heteroatoms. The van der Waals surface area contributed by atoms with Crippen molar-refractivity contribution in [1.29, 1.82) is 0 Å². The number of halogens is 1. The van der Waals surface area contributed by atoms with Gasteiger partial charge in [0, 0.05) is 28.7 Å². The summed E-state index contributed by atoms with van der Waals surface area (Å²) >= 11 is 3.51. The van der Waals surface area contributed by atoms with Gasteiger partial charge in [0.15, 0.2) is 0 Å². The van der Waals surface area contributed by atoms with E-state index in [0.29, 0.717) is 27.2 Å². The van der Waals surface area contributed by atoms with Gasteiger partial charge in [0.1, 0.15) is 11.5 Å². The van der Waals surface area contributed by atoms with Crippen LogP contribution in [0.15, 0.2) is 59.1 Å². The van der Waals surface area contributed by atoms with Crippen molar-refractivity contribution in [3.05, 3.63) is 74.7 Å². The van der Waals surface area contributed by atoms with E-state index in [1.807, 2.05) is 24.3 Å². The van der Waals surface area contributed by atoms with Crippen LogP contribution < -0.4 is 14.4 Å². The lowest BCUT2D eigenvalue weighted by Crippen LogP contribution is -2.39. The average Bonchev–Trinajstić information content (AvgIpc) is 2.81. The minimum absolute atomic E-state index is 0.0568. The largest absolute Gasteiger partial charge is 0.497 e. The second-order valence-corrected chi connectivity index (χ2v) is 7.86. The smallest absolute Gasteiger partial charge is 0.402 e. The van der Waals surface area contributed by atoms with E-state index in [0.717, 1.165) is 17.7 Å². The third kappa shape index (κ3) is 5.40. The fourth-order valence-electron chi connectivity index (χ4n) is 3.20. The van der Waals surface area contributed by atoms with Crippen LogP contribution in [0.5, 0.6) is 11.5 Å². The summed E-state index contributed by atoms with van der Waals surface area (Å²) in [5.74, 6) is -1.39. The highest BCUT2D eigenvalue weighted by atomic mass is 79.9. The minimum Gasteiger partial charge on any atom is -0.497 e. The second-order valence-electron chi connectivity index (χ2n) is 7.01. The summed E-state index contributed by atoms with van der Waals surface area (Å²) in [6.07, 6.45) is -1.66. The molecule has 0 saturated heterocycles. The SMILES string of the molecule is COc1ccc(CN(C(=O)C(=O)OC(C)[N+](=O)[O-])c2cc(Br)c3ccccc3c2)c(OC)c1. The lowest BCUT2D eigenvalue weighted by atomic mass is 10.1. The zero-order chi connectivity index (χ0) is 24.1. The van der Waals surface area contributed by atoms with Crippen molar-refractivity contribution >= 4 is 44.3 Å². The number of carbonyl (C=O) groups excluding carboxylic acids is 2. The highest BCUT2D eigenvalue weighted by Gasteiger charge is 2.30. The molecule has 3 aromatic rings. The van der Waals surface area contributed by atoms with E-state index < -0.39 is 23.0 Å². The summed E-state index contributed by atoms with van der Waals surface area (Å²) < 4.78 is 16.1. The monoisotopic (exact) mass is 516 g/mol. The molecule has 0 aliphatic rings. The Balaban J connectivity index is 2.06. The Bertz CT molecular complexity index is 1210. The maximum atomic E-state index is 13.1. The lowest BCUT2D eigenvalue weighted by molar-refractivity contribution is -0.562. The first-order chi connectivity index (χ1) is 15.7. The first-order valence-corrected chi connectivity index (χ1v) is 10.6. The third-order valence-corrected chi connectivity index (χ3v) is 5.58. The summed E-state index contributed by atoms with van der Waals surface area (Å²) in [5, 5.41) is 12.6. The van der Waals surface area contributed by atoms with Crippen LogP contribution >= 0.6 is 15.9 Å². The Morgan fingerprint density at radius 3 is 2.48 bits per heavy atom. The molecule has 0 heterocycles. The zero-order valence-corrected chi connectivity index (χ0v) is 19.7. The second kappa shape index (κ2) is 10.3. The molecule has 172 valence electrons. The molecule has 0 radical (unpaired) electrons. The van der Waals surface area contributed by atoms with Crippen LogP contribution in [-0.2, 0) is 20.9 Å². The number of hydrogen-bond acceptors (Lipinski definition) is 7. The van der Waals surface area contributed by atoms with Gasteiger partial charge in [-0.05, 0) is 35.0 Å². The number of nitrogens with zero attached hydrogens (tertiary/aromatic N) is 2. The topological polar surface area (TPSA) is 108 Å². The summed E-state index contributed by atoms with van der Waals surface area (Å²) in [6, 6.07) is 16.0. The van der Waals surface area contributed by atoms with Gasteiger partial charge in [-0.25, -0.2) is 4.79 Å². The Morgan fingerprint density at radius 2 is 1.82 bits per heavy atom. The molecule has 0 aliphatic heterocycles. The van der Waals surface area contributed by atoms with E-state index in [1.54, 1.807) is 30.3 Å². The van der Waals surface area contributed by atoms with Crippen LogP contribution in [0.1, 0.15) is 12.5 Å².